The Kier molecular flexibility index (Phi) is 8.03. The van der Waals surface area contributed by atoms with Crippen LogP contribution in [-0.4, -0.2) is 23.4 Å². The summed E-state index contributed by atoms with van der Waals surface area (Å²) in [6, 6.07) is 0. The molecule has 0 aromatic rings. The standard InChI is InChI=1S/C20H29IO2/c1-7-17(22)16-11-10-15(3)19(20(16,4)5)18(23-6)13-14(2)9-8-12-21/h1,16,18H,2,8-13H2,3-6H3. The van der Waals surface area contributed by atoms with Gasteiger partial charge in [-0.1, -0.05) is 54.2 Å². The average molecular weight is 428 g/mol. The Morgan fingerprint density at radius 3 is 2.74 bits per heavy atom. The Morgan fingerprint density at radius 2 is 2.22 bits per heavy atom. The van der Waals surface area contributed by atoms with Crippen LogP contribution in [0.5, 0.6) is 0 Å². The maximum absolute atomic E-state index is 12.2. The minimum Gasteiger partial charge on any atom is -0.377 e. The zero-order chi connectivity index (χ0) is 17.6. The molecular formula is C20H29IO2. The molecule has 0 aromatic heterocycles. The van der Waals surface area contributed by atoms with Crippen LogP contribution in [0.15, 0.2) is 23.3 Å². The third-order valence-corrected chi connectivity index (χ3v) is 5.80. The lowest BCUT2D eigenvalue weighted by Gasteiger charge is -2.43. The van der Waals surface area contributed by atoms with Crippen molar-refractivity contribution in [3.63, 3.8) is 0 Å². The predicted molar refractivity (Wildman–Crippen MR) is 106 cm³/mol. The first-order valence-electron chi connectivity index (χ1n) is 8.25. The maximum Gasteiger partial charge on any atom is 0.209 e. The first-order chi connectivity index (χ1) is 10.8. The van der Waals surface area contributed by atoms with Crippen molar-refractivity contribution in [1.82, 2.24) is 0 Å². The number of methoxy groups -OCH3 is 1. The molecule has 1 rings (SSSR count). The second kappa shape index (κ2) is 9.03. The summed E-state index contributed by atoms with van der Waals surface area (Å²) in [6.07, 6.45) is 10.1. The fourth-order valence-electron chi connectivity index (χ4n) is 3.83. The molecule has 0 amide bonds. The third-order valence-electron chi connectivity index (χ3n) is 5.04. The van der Waals surface area contributed by atoms with E-state index in [0.29, 0.717) is 0 Å². The average Bonchev–Trinajstić information content (AvgIpc) is 2.50. The largest absolute Gasteiger partial charge is 0.377 e. The van der Waals surface area contributed by atoms with Crippen LogP contribution in [0.25, 0.3) is 0 Å². The van der Waals surface area contributed by atoms with Crippen molar-refractivity contribution in [3.8, 4) is 12.3 Å². The number of ether oxygens (including phenoxy) is 1. The summed E-state index contributed by atoms with van der Waals surface area (Å²) in [5.41, 5.74) is 3.53. The highest BCUT2D eigenvalue weighted by molar-refractivity contribution is 14.1. The Morgan fingerprint density at radius 1 is 1.57 bits per heavy atom. The molecule has 0 saturated heterocycles. The normalized spacial score (nSPS) is 21.7. The van der Waals surface area contributed by atoms with Crippen molar-refractivity contribution in [2.75, 3.05) is 11.5 Å². The number of hydrogen-bond donors (Lipinski definition) is 0. The monoisotopic (exact) mass is 428 g/mol. The SMILES string of the molecule is C#CC(=O)C1CCC(C)=C(C(CC(=C)CCCI)OC)C1(C)C. The number of hydrogen-bond acceptors (Lipinski definition) is 2. The molecule has 0 saturated carbocycles. The van der Waals surface area contributed by atoms with Gasteiger partial charge in [-0.15, -0.1) is 6.42 Å². The van der Waals surface area contributed by atoms with Crippen LogP contribution in [0.2, 0.25) is 0 Å². The zero-order valence-electron chi connectivity index (χ0n) is 14.9. The summed E-state index contributed by atoms with van der Waals surface area (Å²) in [5.74, 6) is 2.13. The fraction of sp³-hybridized carbons (Fsp3) is 0.650. The number of rotatable bonds is 8. The van der Waals surface area contributed by atoms with Crippen LogP contribution in [0.4, 0.5) is 0 Å². The summed E-state index contributed by atoms with van der Waals surface area (Å²) in [7, 11) is 1.75. The quantitative estimate of drug-likeness (QED) is 0.176. The summed E-state index contributed by atoms with van der Waals surface area (Å²) in [6.45, 7) is 10.6. The first kappa shape index (κ1) is 20.4. The van der Waals surface area contributed by atoms with Crippen molar-refractivity contribution >= 4 is 28.4 Å². The lowest BCUT2D eigenvalue weighted by Crippen LogP contribution is -2.40. The molecule has 1 aliphatic carbocycles. The number of Topliss-reactive ketones (excluding diaryl/α,β-unsaturated/α-hetero) is 1. The van der Waals surface area contributed by atoms with Crippen molar-refractivity contribution < 1.29 is 9.53 Å². The van der Waals surface area contributed by atoms with Gasteiger partial charge >= 0.3 is 0 Å². The molecule has 0 heterocycles. The summed E-state index contributed by atoms with van der Waals surface area (Å²) >= 11 is 2.39. The molecule has 0 fully saturated rings. The van der Waals surface area contributed by atoms with Crippen LogP contribution in [0.1, 0.15) is 52.9 Å². The van der Waals surface area contributed by atoms with Gasteiger partial charge in [0.05, 0.1) is 6.10 Å². The van der Waals surface area contributed by atoms with E-state index in [0.717, 1.165) is 36.5 Å². The van der Waals surface area contributed by atoms with Gasteiger partial charge in [0.25, 0.3) is 0 Å². The highest BCUT2D eigenvalue weighted by atomic mass is 127. The Balaban J connectivity index is 3.06. The molecule has 2 atom stereocenters. The molecule has 0 aromatic carbocycles. The van der Waals surface area contributed by atoms with Gasteiger partial charge in [-0.25, -0.2) is 0 Å². The van der Waals surface area contributed by atoms with Gasteiger partial charge in [0, 0.05) is 13.0 Å². The van der Waals surface area contributed by atoms with Gasteiger partial charge in [0.15, 0.2) is 0 Å². The van der Waals surface area contributed by atoms with E-state index >= 15 is 0 Å². The number of halogens is 1. The number of carbonyl (C=O) groups excluding carboxylic acids is 1. The molecule has 0 bridgehead atoms. The summed E-state index contributed by atoms with van der Waals surface area (Å²) in [5, 5.41) is 0. The zero-order valence-corrected chi connectivity index (χ0v) is 17.0. The van der Waals surface area contributed by atoms with Crippen molar-refractivity contribution in [2.45, 2.75) is 59.0 Å². The number of terminal acetylenes is 1. The molecule has 3 heteroatoms. The predicted octanol–water partition coefficient (Wildman–Crippen LogP) is 5.12. The van der Waals surface area contributed by atoms with E-state index in [2.05, 4.69) is 55.9 Å². The van der Waals surface area contributed by atoms with Crippen LogP contribution in [-0.2, 0) is 9.53 Å². The maximum atomic E-state index is 12.2. The molecule has 0 aliphatic heterocycles. The first-order valence-corrected chi connectivity index (χ1v) is 9.78. The lowest BCUT2D eigenvalue weighted by atomic mass is 9.62. The van der Waals surface area contributed by atoms with E-state index in [1.165, 1.54) is 16.7 Å². The molecule has 2 nitrogen and oxygen atoms in total. The number of carbonyl (C=O) groups is 1. The van der Waals surface area contributed by atoms with E-state index < -0.39 is 0 Å². The van der Waals surface area contributed by atoms with E-state index in [-0.39, 0.29) is 23.2 Å². The van der Waals surface area contributed by atoms with Crippen molar-refractivity contribution in [1.29, 1.82) is 0 Å². The second-order valence-electron chi connectivity index (χ2n) is 6.99. The van der Waals surface area contributed by atoms with Crippen LogP contribution < -0.4 is 0 Å². The molecule has 128 valence electrons. The molecule has 0 radical (unpaired) electrons. The Labute approximate surface area is 155 Å². The molecule has 2 unspecified atom stereocenters. The van der Waals surface area contributed by atoms with E-state index in [1.54, 1.807) is 7.11 Å². The van der Waals surface area contributed by atoms with Crippen molar-refractivity contribution in [2.24, 2.45) is 11.3 Å². The molecule has 0 N–H and O–H groups in total. The van der Waals surface area contributed by atoms with Gasteiger partial charge in [0.1, 0.15) is 0 Å². The number of ketones is 1. The van der Waals surface area contributed by atoms with E-state index in [1.807, 2.05) is 0 Å². The van der Waals surface area contributed by atoms with E-state index in [9.17, 15) is 4.79 Å². The molecular weight excluding hydrogens is 399 g/mol. The second-order valence-corrected chi connectivity index (χ2v) is 8.07. The summed E-state index contributed by atoms with van der Waals surface area (Å²) < 4.78 is 6.96. The van der Waals surface area contributed by atoms with Gasteiger partial charge in [-0.3, -0.25) is 4.79 Å². The smallest absolute Gasteiger partial charge is 0.209 e. The highest BCUT2D eigenvalue weighted by Gasteiger charge is 2.43. The van der Waals surface area contributed by atoms with Gasteiger partial charge in [-0.05, 0) is 60.4 Å². The Bertz CT molecular complexity index is 522. The summed E-state index contributed by atoms with van der Waals surface area (Å²) in [4.78, 5) is 12.2. The number of allylic oxidation sites excluding steroid dienone is 1. The molecule has 0 spiro atoms. The van der Waals surface area contributed by atoms with E-state index in [4.69, 9.17) is 11.2 Å². The van der Waals surface area contributed by atoms with Gasteiger partial charge in [-0.2, -0.15) is 0 Å². The Hall–Kier alpha value is -0.600. The topological polar surface area (TPSA) is 26.3 Å². The third kappa shape index (κ3) is 4.93. The molecule has 1 aliphatic rings. The van der Waals surface area contributed by atoms with Gasteiger partial charge < -0.3 is 4.74 Å². The minimum atomic E-state index is -0.268. The van der Waals surface area contributed by atoms with Crippen LogP contribution >= 0.6 is 22.6 Å². The minimum absolute atomic E-state index is 0.0138. The fourth-order valence-corrected chi connectivity index (χ4v) is 4.21. The molecule has 23 heavy (non-hydrogen) atoms. The number of alkyl halides is 1. The van der Waals surface area contributed by atoms with Crippen LogP contribution in [0.3, 0.4) is 0 Å². The van der Waals surface area contributed by atoms with Crippen LogP contribution in [0, 0.1) is 23.7 Å². The van der Waals surface area contributed by atoms with Crippen molar-refractivity contribution in [3.05, 3.63) is 23.3 Å². The highest BCUT2D eigenvalue weighted by Crippen LogP contribution is 2.47. The lowest BCUT2D eigenvalue weighted by molar-refractivity contribution is -0.120. The van der Waals surface area contributed by atoms with Gasteiger partial charge in [0.2, 0.25) is 5.78 Å².